The first-order valence-electron chi connectivity index (χ1n) is 7.92. The van der Waals surface area contributed by atoms with Crippen molar-refractivity contribution in [3.05, 3.63) is 72.2 Å². The highest BCUT2D eigenvalue weighted by molar-refractivity contribution is 5.96. The van der Waals surface area contributed by atoms with Gasteiger partial charge in [-0.05, 0) is 31.2 Å². The van der Waals surface area contributed by atoms with E-state index in [1.807, 2.05) is 18.2 Å². The Bertz CT molecular complexity index is 961. The van der Waals surface area contributed by atoms with E-state index < -0.39 is 23.7 Å². The van der Waals surface area contributed by atoms with Crippen molar-refractivity contribution >= 4 is 22.7 Å². The van der Waals surface area contributed by atoms with Gasteiger partial charge < -0.3 is 4.74 Å². The number of amides is 2. The lowest BCUT2D eigenvalue weighted by Gasteiger charge is -2.15. The van der Waals surface area contributed by atoms with Crippen LogP contribution < -0.4 is 15.6 Å². The summed E-state index contributed by atoms with van der Waals surface area (Å²) >= 11 is 0. The van der Waals surface area contributed by atoms with Gasteiger partial charge in [-0.15, -0.1) is 0 Å². The second-order valence-corrected chi connectivity index (χ2v) is 5.52. The van der Waals surface area contributed by atoms with Crippen LogP contribution in [0.1, 0.15) is 17.4 Å². The number of rotatable bonds is 4. The Labute approximate surface area is 149 Å². The van der Waals surface area contributed by atoms with Gasteiger partial charge >= 0.3 is 0 Å². The number of aromatic nitrogens is 1. The van der Waals surface area contributed by atoms with Gasteiger partial charge in [0.2, 0.25) is 0 Å². The van der Waals surface area contributed by atoms with Crippen molar-refractivity contribution in [3.63, 3.8) is 0 Å². The van der Waals surface area contributed by atoms with Crippen LogP contribution in [0.2, 0.25) is 0 Å². The fraction of sp³-hybridized carbons (Fsp3) is 0.105. The van der Waals surface area contributed by atoms with Crippen molar-refractivity contribution < 1.29 is 18.7 Å². The smallest absolute Gasteiger partial charge is 0.288 e. The number of benzene rings is 2. The zero-order chi connectivity index (χ0) is 18.5. The number of ether oxygens (including phenoxy) is 1. The molecule has 2 amide bonds. The third-order valence-electron chi connectivity index (χ3n) is 3.64. The van der Waals surface area contributed by atoms with Crippen molar-refractivity contribution in [2.45, 2.75) is 13.0 Å². The summed E-state index contributed by atoms with van der Waals surface area (Å²) in [5, 5.41) is 0.903. The SMILES string of the molecule is C[C@H](Oc1ccccc1F)C(=O)NNC(=O)c1ccc2ccccc2n1. The summed E-state index contributed by atoms with van der Waals surface area (Å²) in [5.74, 6) is -1.81. The largest absolute Gasteiger partial charge is 0.478 e. The highest BCUT2D eigenvalue weighted by Gasteiger charge is 2.17. The molecule has 0 aliphatic rings. The zero-order valence-corrected chi connectivity index (χ0v) is 13.9. The minimum absolute atomic E-state index is 0.0438. The maximum Gasteiger partial charge on any atom is 0.288 e. The normalized spacial score (nSPS) is 11.6. The molecule has 26 heavy (non-hydrogen) atoms. The van der Waals surface area contributed by atoms with Gasteiger partial charge in [-0.2, -0.15) is 0 Å². The Balaban J connectivity index is 1.59. The number of hydrogen-bond acceptors (Lipinski definition) is 4. The second-order valence-electron chi connectivity index (χ2n) is 5.52. The number of hydrazine groups is 1. The van der Waals surface area contributed by atoms with Crippen LogP contribution >= 0.6 is 0 Å². The number of nitrogens with zero attached hydrogens (tertiary/aromatic N) is 1. The van der Waals surface area contributed by atoms with Gasteiger partial charge in [-0.3, -0.25) is 20.4 Å². The number of halogens is 1. The molecule has 6 nitrogen and oxygen atoms in total. The summed E-state index contributed by atoms with van der Waals surface area (Å²) < 4.78 is 18.8. The zero-order valence-electron chi connectivity index (χ0n) is 13.9. The van der Waals surface area contributed by atoms with E-state index in [1.54, 1.807) is 24.3 Å². The van der Waals surface area contributed by atoms with Gasteiger partial charge in [0.1, 0.15) is 5.69 Å². The molecule has 3 rings (SSSR count). The quantitative estimate of drug-likeness (QED) is 0.707. The first kappa shape index (κ1) is 17.3. The van der Waals surface area contributed by atoms with Gasteiger partial charge in [0.15, 0.2) is 17.7 Å². The van der Waals surface area contributed by atoms with E-state index >= 15 is 0 Å². The number of hydrogen-bond donors (Lipinski definition) is 2. The van der Waals surface area contributed by atoms with E-state index in [-0.39, 0.29) is 11.4 Å². The third kappa shape index (κ3) is 3.94. The molecular weight excluding hydrogens is 337 g/mol. The summed E-state index contributed by atoms with van der Waals surface area (Å²) in [4.78, 5) is 28.4. The van der Waals surface area contributed by atoms with Gasteiger partial charge in [0, 0.05) is 5.39 Å². The predicted octanol–water partition coefficient (Wildman–Crippen LogP) is 2.60. The molecule has 0 aliphatic carbocycles. The van der Waals surface area contributed by atoms with Gasteiger partial charge in [-0.25, -0.2) is 9.37 Å². The van der Waals surface area contributed by atoms with Gasteiger partial charge in [-0.1, -0.05) is 36.4 Å². The molecule has 1 aromatic heterocycles. The molecule has 0 saturated heterocycles. The van der Waals surface area contributed by atoms with E-state index in [0.717, 1.165) is 5.39 Å². The van der Waals surface area contributed by atoms with Crippen LogP contribution in [0.4, 0.5) is 4.39 Å². The monoisotopic (exact) mass is 353 g/mol. The molecule has 1 heterocycles. The van der Waals surface area contributed by atoms with Crippen molar-refractivity contribution in [3.8, 4) is 5.75 Å². The van der Waals surface area contributed by atoms with Crippen molar-refractivity contribution in [2.24, 2.45) is 0 Å². The van der Waals surface area contributed by atoms with E-state index in [0.29, 0.717) is 5.52 Å². The fourth-order valence-corrected chi connectivity index (χ4v) is 2.26. The summed E-state index contributed by atoms with van der Waals surface area (Å²) in [7, 11) is 0. The number of fused-ring (bicyclic) bond motifs is 1. The lowest BCUT2D eigenvalue weighted by Crippen LogP contribution is -2.47. The molecule has 2 aromatic carbocycles. The average molecular weight is 353 g/mol. The molecule has 3 aromatic rings. The molecule has 1 atom stereocenters. The number of pyridine rings is 1. The van der Waals surface area contributed by atoms with Crippen LogP contribution in [0.15, 0.2) is 60.7 Å². The summed E-state index contributed by atoms with van der Waals surface area (Å²) in [6, 6.07) is 16.4. The number of carbonyl (C=O) groups is 2. The maximum atomic E-state index is 13.5. The van der Waals surface area contributed by atoms with E-state index in [2.05, 4.69) is 15.8 Å². The molecule has 0 fully saturated rings. The molecule has 0 radical (unpaired) electrons. The van der Waals surface area contributed by atoms with E-state index in [4.69, 9.17) is 4.74 Å². The Morgan fingerprint density at radius 2 is 1.73 bits per heavy atom. The van der Waals surface area contributed by atoms with Crippen molar-refractivity contribution in [1.29, 1.82) is 0 Å². The first-order valence-corrected chi connectivity index (χ1v) is 7.92. The van der Waals surface area contributed by atoms with Crippen LogP contribution in [0.25, 0.3) is 10.9 Å². The predicted molar refractivity (Wildman–Crippen MR) is 93.8 cm³/mol. The van der Waals surface area contributed by atoms with Crippen LogP contribution in [-0.2, 0) is 4.79 Å². The summed E-state index contributed by atoms with van der Waals surface area (Å²) in [6.45, 7) is 1.45. The minimum Gasteiger partial charge on any atom is -0.478 e. The molecule has 132 valence electrons. The van der Waals surface area contributed by atoms with Crippen molar-refractivity contribution in [1.82, 2.24) is 15.8 Å². The molecule has 0 saturated carbocycles. The summed E-state index contributed by atoms with van der Waals surface area (Å²) in [6.07, 6.45) is -1.00. The van der Waals surface area contributed by atoms with Crippen LogP contribution in [0, 0.1) is 5.82 Å². The van der Waals surface area contributed by atoms with Crippen LogP contribution in [0.5, 0.6) is 5.75 Å². The second kappa shape index (κ2) is 7.60. The van der Waals surface area contributed by atoms with Crippen molar-refractivity contribution in [2.75, 3.05) is 0 Å². The average Bonchev–Trinajstić information content (AvgIpc) is 2.67. The maximum absolute atomic E-state index is 13.5. The first-order chi connectivity index (χ1) is 12.5. The number of carbonyl (C=O) groups excluding carboxylic acids is 2. The Morgan fingerprint density at radius 1 is 1.00 bits per heavy atom. The lowest BCUT2D eigenvalue weighted by molar-refractivity contribution is -0.128. The Kier molecular flexibility index (Phi) is 5.07. The molecular formula is C19H16FN3O3. The molecule has 0 unspecified atom stereocenters. The molecule has 2 N–H and O–H groups in total. The number of para-hydroxylation sites is 2. The van der Waals surface area contributed by atoms with Gasteiger partial charge in [0.05, 0.1) is 5.52 Å². The van der Waals surface area contributed by atoms with E-state index in [1.165, 1.54) is 25.1 Å². The standard InChI is InChI=1S/C19H16FN3O3/c1-12(26-17-9-5-3-7-14(17)20)18(24)22-23-19(25)16-11-10-13-6-2-4-8-15(13)21-16/h2-12H,1H3,(H,22,24)(H,23,25)/t12-/m0/s1. The molecule has 0 aliphatic heterocycles. The van der Waals surface area contributed by atoms with Crippen LogP contribution in [-0.4, -0.2) is 22.9 Å². The Hall–Kier alpha value is -3.48. The lowest BCUT2D eigenvalue weighted by atomic mass is 10.2. The van der Waals surface area contributed by atoms with Crippen LogP contribution in [0.3, 0.4) is 0 Å². The molecule has 0 bridgehead atoms. The third-order valence-corrected chi connectivity index (χ3v) is 3.64. The molecule has 0 spiro atoms. The Morgan fingerprint density at radius 3 is 2.54 bits per heavy atom. The molecule has 7 heteroatoms. The highest BCUT2D eigenvalue weighted by atomic mass is 19.1. The number of nitrogens with one attached hydrogen (secondary N) is 2. The topological polar surface area (TPSA) is 80.3 Å². The highest BCUT2D eigenvalue weighted by Crippen LogP contribution is 2.17. The van der Waals surface area contributed by atoms with Gasteiger partial charge in [0.25, 0.3) is 11.8 Å². The summed E-state index contributed by atoms with van der Waals surface area (Å²) in [5.41, 5.74) is 5.34. The fourth-order valence-electron chi connectivity index (χ4n) is 2.26. The van der Waals surface area contributed by atoms with E-state index in [9.17, 15) is 14.0 Å². The minimum atomic E-state index is -1.00.